The van der Waals surface area contributed by atoms with Crippen LogP contribution in [-0.2, 0) is 20.0 Å². The lowest BCUT2D eigenvalue weighted by Gasteiger charge is -2.13. The number of benzene rings is 2. The molecule has 0 aliphatic carbocycles. The number of halogens is 5. The van der Waals surface area contributed by atoms with E-state index in [1.807, 2.05) is 0 Å². The van der Waals surface area contributed by atoms with Gasteiger partial charge in [-0.2, -0.15) is 13.2 Å². The van der Waals surface area contributed by atoms with Gasteiger partial charge in [-0.1, -0.05) is 11.6 Å². The molecule has 0 saturated carbocycles. The van der Waals surface area contributed by atoms with E-state index in [-0.39, 0.29) is 28.7 Å². The molecule has 2 aromatic rings. The fourth-order valence-electron chi connectivity index (χ4n) is 2.04. The van der Waals surface area contributed by atoms with Gasteiger partial charge in [-0.05, 0) is 43.3 Å². The summed E-state index contributed by atoms with van der Waals surface area (Å²) in [5.41, 5.74) is -1.34. The number of hydrogen-bond donors (Lipinski definition) is 0. The van der Waals surface area contributed by atoms with E-state index >= 15 is 0 Å². The van der Waals surface area contributed by atoms with Crippen molar-refractivity contribution in [1.29, 1.82) is 0 Å². The zero-order valence-corrected chi connectivity index (χ0v) is 15.8. The first kappa shape index (κ1) is 21.3. The summed E-state index contributed by atoms with van der Waals surface area (Å²) in [5, 5.41) is -0.323. The molecule has 0 radical (unpaired) electrons. The molecule has 0 spiro atoms. The van der Waals surface area contributed by atoms with Crippen LogP contribution in [0.5, 0.6) is 11.5 Å². The highest BCUT2D eigenvalue weighted by atomic mass is 35.7. The van der Waals surface area contributed by atoms with E-state index in [9.17, 15) is 26.4 Å². The number of ether oxygens (including phenoxy) is 2. The normalized spacial score (nSPS) is 11.9. The minimum Gasteiger partial charge on any atom is -0.462 e. The Morgan fingerprint density at radius 1 is 1.15 bits per heavy atom. The van der Waals surface area contributed by atoms with Gasteiger partial charge in [0.05, 0.1) is 27.7 Å². The largest absolute Gasteiger partial charge is 0.462 e. The molecule has 0 atom stereocenters. The smallest absolute Gasteiger partial charge is 0.416 e. The number of alkyl halides is 3. The second-order valence-corrected chi connectivity index (χ2v) is 8.00. The Balaban J connectivity index is 2.43. The number of rotatable bonds is 5. The van der Waals surface area contributed by atoms with Crippen LogP contribution >= 0.6 is 22.3 Å². The van der Waals surface area contributed by atoms with Crippen LogP contribution in [0.3, 0.4) is 0 Å². The minimum atomic E-state index is -4.57. The molecule has 146 valence electrons. The van der Waals surface area contributed by atoms with Crippen molar-refractivity contribution in [3.63, 3.8) is 0 Å². The van der Waals surface area contributed by atoms with E-state index < -0.39 is 31.7 Å². The molecule has 0 aliphatic rings. The van der Waals surface area contributed by atoms with Crippen LogP contribution < -0.4 is 4.74 Å². The van der Waals surface area contributed by atoms with Crippen LogP contribution in [0.2, 0.25) is 5.02 Å². The number of hydrogen-bond acceptors (Lipinski definition) is 5. The molecule has 27 heavy (non-hydrogen) atoms. The summed E-state index contributed by atoms with van der Waals surface area (Å²) in [6.07, 6.45) is -4.57. The summed E-state index contributed by atoms with van der Waals surface area (Å²) in [7, 11) is 1.05. The Kier molecular flexibility index (Phi) is 6.28. The summed E-state index contributed by atoms with van der Waals surface area (Å²) < 4.78 is 71.4. The van der Waals surface area contributed by atoms with Crippen molar-refractivity contribution in [2.45, 2.75) is 18.0 Å². The third-order valence-electron chi connectivity index (χ3n) is 3.20. The van der Waals surface area contributed by atoms with Crippen molar-refractivity contribution >= 4 is 37.3 Å². The summed E-state index contributed by atoms with van der Waals surface area (Å²) in [5.74, 6) is -1.13. The maximum Gasteiger partial charge on any atom is 0.416 e. The lowest BCUT2D eigenvalue weighted by molar-refractivity contribution is -0.137. The molecule has 0 aliphatic heterocycles. The second-order valence-electron chi connectivity index (χ2n) is 5.06. The molecule has 0 bridgehead atoms. The standard InChI is InChI=1S/C16H11Cl2F3O5S/c1-2-25-15(22)11-8-10(4-6-14(11)27(18,23)24)26-13-5-3-9(7-12(13)17)16(19,20)21/h3-8H,2H2,1H3. The lowest BCUT2D eigenvalue weighted by atomic mass is 10.2. The highest BCUT2D eigenvalue weighted by Gasteiger charge is 2.31. The average Bonchev–Trinajstić information content (AvgIpc) is 2.55. The van der Waals surface area contributed by atoms with E-state index in [4.69, 9.17) is 31.8 Å². The van der Waals surface area contributed by atoms with E-state index in [0.717, 1.165) is 24.3 Å². The van der Waals surface area contributed by atoms with Gasteiger partial charge < -0.3 is 9.47 Å². The minimum absolute atomic E-state index is 0.0174. The molecule has 5 nitrogen and oxygen atoms in total. The number of carbonyl (C=O) groups excluding carboxylic acids is 1. The molecule has 2 rings (SSSR count). The third-order valence-corrected chi connectivity index (χ3v) is 4.87. The van der Waals surface area contributed by atoms with Gasteiger partial charge in [0.25, 0.3) is 9.05 Å². The van der Waals surface area contributed by atoms with Crippen molar-refractivity contribution in [2.24, 2.45) is 0 Å². The van der Waals surface area contributed by atoms with Crippen LogP contribution in [0, 0.1) is 0 Å². The monoisotopic (exact) mass is 442 g/mol. The van der Waals surface area contributed by atoms with Gasteiger partial charge in [-0.15, -0.1) is 0 Å². The molecule has 0 N–H and O–H groups in total. The molecular formula is C16H11Cl2F3O5S. The zero-order valence-electron chi connectivity index (χ0n) is 13.5. The summed E-state index contributed by atoms with van der Waals surface area (Å²) >= 11 is 5.81. The molecule has 0 amide bonds. The van der Waals surface area contributed by atoms with Crippen LogP contribution in [0.25, 0.3) is 0 Å². The molecule has 0 aromatic heterocycles. The van der Waals surface area contributed by atoms with Gasteiger partial charge in [0.15, 0.2) is 0 Å². The van der Waals surface area contributed by atoms with Crippen LogP contribution in [0.15, 0.2) is 41.3 Å². The Bertz CT molecular complexity index is 975. The predicted octanol–water partition coefficient (Wildman–Crippen LogP) is 5.26. The fourth-order valence-corrected chi connectivity index (χ4v) is 3.30. The zero-order chi connectivity index (χ0) is 20.4. The summed E-state index contributed by atoms with van der Waals surface area (Å²) in [6.45, 7) is 1.51. The highest BCUT2D eigenvalue weighted by molar-refractivity contribution is 8.13. The van der Waals surface area contributed by atoms with E-state index in [0.29, 0.717) is 6.07 Å². The number of carbonyl (C=O) groups is 1. The van der Waals surface area contributed by atoms with Crippen LogP contribution in [0.1, 0.15) is 22.8 Å². The molecule has 0 heterocycles. The van der Waals surface area contributed by atoms with Crippen molar-refractivity contribution in [3.8, 4) is 11.5 Å². The van der Waals surface area contributed by atoms with Gasteiger partial charge in [0, 0.05) is 10.7 Å². The maximum absolute atomic E-state index is 12.7. The summed E-state index contributed by atoms with van der Waals surface area (Å²) in [4.78, 5) is 11.5. The van der Waals surface area contributed by atoms with Crippen molar-refractivity contribution in [1.82, 2.24) is 0 Å². The first-order valence-corrected chi connectivity index (χ1v) is 9.92. The van der Waals surface area contributed by atoms with Gasteiger partial charge in [0.1, 0.15) is 11.5 Å². The predicted molar refractivity (Wildman–Crippen MR) is 92.0 cm³/mol. The van der Waals surface area contributed by atoms with E-state index in [2.05, 4.69) is 0 Å². The molecule has 2 aromatic carbocycles. The maximum atomic E-state index is 12.7. The van der Waals surface area contributed by atoms with Crippen LogP contribution in [0.4, 0.5) is 13.2 Å². The highest BCUT2D eigenvalue weighted by Crippen LogP contribution is 2.37. The second kappa shape index (κ2) is 7.95. The Labute approximate surface area is 162 Å². The quantitative estimate of drug-likeness (QED) is 0.466. The lowest BCUT2D eigenvalue weighted by Crippen LogP contribution is -2.10. The Morgan fingerprint density at radius 3 is 2.33 bits per heavy atom. The SMILES string of the molecule is CCOC(=O)c1cc(Oc2ccc(C(F)(F)F)cc2Cl)ccc1S(=O)(=O)Cl. The first-order chi connectivity index (χ1) is 12.4. The first-order valence-electron chi connectivity index (χ1n) is 7.24. The van der Waals surface area contributed by atoms with Crippen LogP contribution in [-0.4, -0.2) is 21.0 Å². The Hall–Kier alpha value is -1.97. The van der Waals surface area contributed by atoms with Gasteiger partial charge in [-0.25, -0.2) is 13.2 Å². The van der Waals surface area contributed by atoms with Crippen molar-refractivity contribution < 1.29 is 35.9 Å². The van der Waals surface area contributed by atoms with Crippen molar-refractivity contribution in [2.75, 3.05) is 6.61 Å². The number of esters is 1. The van der Waals surface area contributed by atoms with Gasteiger partial charge >= 0.3 is 12.1 Å². The third kappa shape index (κ3) is 5.27. The molecule has 0 fully saturated rings. The van der Waals surface area contributed by atoms with Gasteiger partial charge in [-0.3, -0.25) is 0 Å². The molecular weight excluding hydrogens is 432 g/mol. The molecule has 0 saturated heterocycles. The van der Waals surface area contributed by atoms with Crippen molar-refractivity contribution in [3.05, 3.63) is 52.5 Å². The topological polar surface area (TPSA) is 69.7 Å². The Morgan fingerprint density at radius 2 is 1.81 bits per heavy atom. The van der Waals surface area contributed by atoms with E-state index in [1.54, 1.807) is 0 Å². The summed E-state index contributed by atoms with van der Waals surface area (Å²) in [6, 6.07) is 5.68. The fraction of sp³-hybridized carbons (Fsp3) is 0.188. The average molecular weight is 443 g/mol. The molecule has 0 unspecified atom stereocenters. The molecule has 11 heteroatoms. The van der Waals surface area contributed by atoms with E-state index in [1.165, 1.54) is 13.0 Å². The van der Waals surface area contributed by atoms with Gasteiger partial charge in [0.2, 0.25) is 0 Å².